The fourth-order valence-electron chi connectivity index (χ4n) is 1.30. The average molecular weight is 261 g/mol. The van der Waals surface area contributed by atoms with E-state index in [2.05, 4.69) is 0 Å². The van der Waals surface area contributed by atoms with Gasteiger partial charge < -0.3 is 17.1 Å². The molecule has 0 radical (unpaired) electrons. The normalized spacial score (nSPS) is 8.83. The molecule has 0 bridgehead atoms. The smallest absolute Gasteiger partial charge is 0.607 e. The van der Waals surface area contributed by atoms with Gasteiger partial charge in [-0.05, 0) is 18.2 Å². The Labute approximate surface area is 110 Å². The van der Waals surface area contributed by atoms with Crippen LogP contribution in [0.15, 0.2) is 54.9 Å². The molecule has 2 aromatic rings. The number of carbonyl (C=O) groups is 1. The fourth-order valence-corrected chi connectivity index (χ4v) is 1.30. The first-order chi connectivity index (χ1) is 8.29. The predicted molar refractivity (Wildman–Crippen MR) is 59.2 cm³/mol. The number of hydrogen-bond acceptors (Lipinski definition) is 3. The van der Waals surface area contributed by atoms with E-state index in [4.69, 9.17) is 10.00 Å². The highest BCUT2D eigenvalue weighted by molar-refractivity contribution is 5.60. The van der Waals surface area contributed by atoms with Crippen molar-refractivity contribution in [2.45, 2.75) is 0 Å². The highest BCUT2D eigenvalue weighted by Crippen LogP contribution is 2.08. The minimum atomic E-state index is -0.548. The average Bonchev–Trinajstić information content (AvgIpc) is 2.40. The van der Waals surface area contributed by atoms with Gasteiger partial charge in [-0.15, -0.1) is 0 Å². The Morgan fingerprint density at radius 3 is 2.56 bits per heavy atom. The molecule has 1 heterocycles. The number of aromatic nitrogens is 1. The molecular formula is C13H9ClN2O2. The summed E-state index contributed by atoms with van der Waals surface area (Å²) in [5.74, 6) is 0.465. The standard InChI is InChI=1S/C13H9N2O2.ClH/c14-9-11-5-4-8-15(10-11)13(16)17-12-6-2-1-3-7-12;/h1-8,10H;1H/q+1;/p-1. The second-order valence-electron chi connectivity index (χ2n) is 3.29. The summed E-state index contributed by atoms with van der Waals surface area (Å²) in [6.45, 7) is 0. The maximum absolute atomic E-state index is 11.7. The number of halogens is 1. The predicted octanol–water partition coefficient (Wildman–Crippen LogP) is -1.10. The molecule has 0 fully saturated rings. The van der Waals surface area contributed by atoms with Crippen molar-refractivity contribution < 1.29 is 26.5 Å². The van der Waals surface area contributed by atoms with Crippen LogP contribution in [0.4, 0.5) is 4.79 Å². The Morgan fingerprint density at radius 2 is 1.89 bits per heavy atom. The molecule has 1 aromatic heterocycles. The number of carbonyl (C=O) groups excluding carboxylic acids is 1. The minimum absolute atomic E-state index is 0. The molecule has 0 N–H and O–H groups in total. The lowest BCUT2D eigenvalue weighted by Gasteiger charge is -1.98. The number of benzene rings is 1. The van der Waals surface area contributed by atoms with Crippen molar-refractivity contribution in [3.05, 3.63) is 60.4 Å². The topological polar surface area (TPSA) is 54.0 Å². The number of hydrogen-bond donors (Lipinski definition) is 0. The molecule has 0 aliphatic rings. The van der Waals surface area contributed by atoms with Gasteiger partial charge in [0.15, 0.2) is 12.4 Å². The summed E-state index contributed by atoms with van der Waals surface area (Å²) in [5.41, 5.74) is 0.400. The third-order valence-corrected chi connectivity index (χ3v) is 2.09. The van der Waals surface area contributed by atoms with E-state index in [1.54, 1.807) is 36.4 Å². The van der Waals surface area contributed by atoms with Crippen molar-refractivity contribution in [3.8, 4) is 11.8 Å². The quantitative estimate of drug-likeness (QED) is 0.612. The third-order valence-electron chi connectivity index (χ3n) is 2.09. The molecule has 2 rings (SSSR count). The first-order valence-corrected chi connectivity index (χ1v) is 4.98. The van der Waals surface area contributed by atoms with Crippen LogP contribution in [0, 0.1) is 11.3 Å². The molecule has 90 valence electrons. The Bertz CT molecular complexity index is 579. The number of rotatable bonds is 1. The van der Waals surface area contributed by atoms with Gasteiger partial charge in [0, 0.05) is 6.07 Å². The number of nitrogens with zero attached hydrogens (tertiary/aromatic N) is 2. The summed E-state index contributed by atoms with van der Waals surface area (Å²) in [6.07, 6.45) is 2.41. The lowest BCUT2D eigenvalue weighted by molar-refractivity contribution is -0.582. The van der Waals surface area contributed by atoms with Crippen LogP contribution in [0.25, 0.3) is 0 Å². The zero-order valence-electron chi connectivity index (χ0n) is 9.29. The van der Waals surface area contributed by atoms with Crippen molar-refractivity contribution in [1.82, 2.24) is 0 Å². The SMILES string of the molecule is N#Cc1ccc[n+](C(=O)Oc2ccccc2)c1.[Cl-]. The van der Waals surface area contributed by atoms with Crippen LogP contribution in [-0.2, 0) is 0 Å². The summed E-state index contributed by atoms with van der Waals surface area (Å²) in [5, 5.41) is 8.72. The van der Waals surface area contributed by atoms with E-state index < -0.39 is 6.09 Å². The van der Waals surface area contributed by atoms with Gasteiger partial charge in [-0.3, -0.25) is 0 Å². The molecule has 0 saturated heterocycles. The summed E-state index contributed by atoms with van der Waals surface area (Å²) < 4.78 is 6.34. The number of ether oxygens (including phenoxy) is 1. The van der Waals surface area contributed by atoms with Crippen LogP contribution in [0.1, 0.15) is 5.56 Å². The van der Waals surface area contributed by atoms with E-state index in [0.717, 1.165) is 0 Å². The Morgan fingerprint density at radius 1 is 1.17 bits per heavy atom. The van der Waals surface area contributed by atoms with Gasteiger partial charge in [-0.2, -0.15) is 10.1 Å². The van der Waals surface area contributed by atoms with Gasteiger partial charge in [0.2, 0.25) is 0 Å². The molecule has 0 unspecified atom stereocenters. The first-order valence-electron chi connectivity index (χ1n) is 4.98. The van der Waals surface area contributed by atoms with Crippen LogP contribution in [0.3, 0.4) is 0 Å². The van der Waals surface area contributed by atoms with E-state index in [1.165, 1.54) is 17.0 Å². The first kappa shape index (κ1) is 13.7. The van der Waals surface area contributed by atoms with Gasteiger partial charge in [0.05, 0.1) is 0 Å². The zero-order valence-corrected chi connectivity index (χ0v) is 10.0. The van der Waals surface area contributed by atoms with Gasteiger partial charge in [-0.25, -0.2) is 0 Å². The van der Waals surface area contributed by atoms with E-state index >= 15 is 0 Å². The molecule has 5 heteroatoms. The number of pyridine rings is 1. The van der Waals surface area contributed by atoms with Crippen molar-refractivity contribution in [1.29, 1.82) is 5.26 Å². The highest BCUT2D eigenvalue weighted by atomic mass is 35.5. The van der Waals surface area contributed by atoms with Gasteiger partial charge in [0.25, 0.3) is 0 Å². The summed E-state index contributed by atoms with van der Waals surface area (Å²) >= 11 is 0. The van der Waals surface area contributed by atoms with E-state index in [1.807, 2.05) is 12.1 Å². The molecule has 0 spiro atoms. The molecule has 0 amide bonds. The van der Waals surface area contributed by atoms with Crippen molar-refractivity contribution in [2.24, 2.45) is 0 Å². The molecule has 0 atom stereocenters. The maximum atomic E-state index is 11.7. The molecule has 0 aliphatic heterocycles. The number of para-hydroxylation sites is 1. The third kappa shape index (κ3) is 3.30. The molecular weight excluding hydrogens is 252 g/mol. The maximum Gasteiger partial charge on any atom is 0.607 e. The molecule has 1 aromatic carbocycles. The van der Waals surface area contributed by atoms with Crippen LogP contribution in [0.2, 0.25) is 0 Å². The van der Waals surface area contributed by atoms with Crippen LogP contribution < -0.4 is 21.7 Å². The Balaban J connectivity index is 0.00000162. The molecule has 4 nitrogen and oxygen atoms in total. The largest absolute Gasteiger partial charge is 1.00 e. The molecule has 0 saturated carbocycles. The Hall–Kier alpha value is -2.38. The second-order valence-corrected chi connectivity index (χ2v) is 3.29. The minimum Gasteiger partial charge on any atom is -1.00 e. The molecule has 0 aliphatic carbocycles. The van der Waals surface area contributed by atoms with Crippen LogP contribution >= 0.6 is 0 Å². The van der Waals surface area contributed by atoms with Crippen LogP contribution in [-0.4, -0.2) is 6.09 Å². The van der Waals surface area contributed by atoms with Gasteiger partial charge in [-0.1, -0.05) is 22.8 Å². The molecule has 18 heavy (non-hydrogen) atoms. The lowest BCUT2D eigenvalue weighted by atomic mass is 10.3. The highest BCUT2D eigenvalue weighted by Gasteiger charge is 2.17. The summed E-state index contributed by atoms with van der Waals surface area (Å²) in [6, 6.07) is 14.0. The van der Waals surface area contributed by atoms with E-state index in [0.29, 0.717) is 11.3 Å². The second kappa shape index (κ2) is 6.38. The van der Waals surface area contributed by atoms with Crippen LogP contribution in [0.5, 0.6) is 5.75 Å². The van der Waals surface area contributed by atoms with Crippen molar-refractivity contribution in [3.63, 3.8) is 0 Å². The summed E-state index contributed by atoms with van der Waals surface area (Å²) in [7, 11) is 0. The van der Waals surface area contributed by atoms with Crippen molar-refractivity contribution in [2.75, 3.05) is 0 Å². The fraction of sp³-hybridized carbons (Fsp3) is 0. The number of nitriles is 1. The zero-order chi connectivity index (χ0) is 12.1. The van der Waals surface area contributed by atoms with Crippen molar-refractivity contribution >= 4 is 6.09 Å². The van der Waals surface area contributed by atoms with E-state index in [9.17, 15) is 4.79 Å². The monoisotopic (exact) mass is 260 g/mol. The lowest BCUT2D eigenvalue weighted by Crippen LogP contribution is -3.00. The van der Waals surface area contributed by atoms with Gasteiger partial charge >= 0.3 is 6.09 Å². The summed E-state index contributed by atoms with van der Waals surface area (Å²) in [4.78, 5) is 11.7. The van der Waals surface area contributed by atoms with E-state index in [-0.39, 0.29) is 12.4 Å². The Kier molecular flexibility index (Phi) is 4.85. The van der Waals surface area contributed by atoms with Gasteiger partial charge in [0.1, 0.15) is 17.4 Å².